The van der Waals surface area contributed by atoms with Gasteiger partial charge in [-0.05, 0) is 49.1 Å². The highest BCUT2D eigenvalue weighted by atomic mass is 35.5. The first kappa shape index (κ1) is 28.0. The molecule has 0 heterocycles. The number of anilines is 1. The van der Waals surface area contributed by atoms with E-state index in [0.29, 0.717) is 6.54 Å². The van der Waals surface area contributed by atoms with E-state index in [9.17, 15) is 18.0 Å². The fourth-order valence-electron chi connectivity index (χ4n) is 3.28. The first-order chi connectivity index (χ1) is 15.8. The number of hydrogen-bond acceptors (Lipinski definition) is 4. The van der Waals surface area contributed by atoms with E-state index in [1.165, 1.54) is 23.1 Å². The summed E-state index contributed by atoms with van der Waals surface area (Å²) in [6.07, 6.45) is 0.988. The molecule has 0 aliphatic rings. The van der Waals surface area contributed by atoms with Crippen molar-refractivity contribution in [1.82, 2.24) is 10.2 Å². The molecular formula is C24H31Cl2N3O4S. The first-order valence-electron chi connectivity index (χ1n) is 10.9. The van der Waals surface area contributed by atoms with Crippen molar-refractivity contribution in [3.63, 3.8) is 0 Å². The van der Waals surface area contributed by atoms with E-state index in [4.69, 9.17) is 23.2 Å². The Bertz CT molecular complexity index is 1140. The summed E-state index contributed by atoms with van der Waals surface area (Å²) in [7, 11) is -3.89. The quantitative estimate of drug-likeness (QED) is 0.500. The van der Waals surface area contributed by atoms with E-state index >= 15 is 0 Å². The summed E-state index contributed by atoms with van der Waals surface area (Å²) in [5, 5.41) is 3.26. The van der Waals surface area contributed by atoms with Gasteiger partial charge < -0.3 is 10.2 Å². The summed E-state index contributed by atoms with van der Waals surface area (Å²) >= 11 is 12.3. The monoisotopic (exact) mass is 527 g/mol. The summed E-state index contributed by atoms with van der Waals surface area (Å²) in [4.78, 5) is 27.8. The molecule has 0 unspecified atom stereocenters. The molecule has 0 spiro atoms. The second kappa shape index (κ2) is 11.9. The molecule has 186 valence electrons. The second-order valence-corrected chi connectivity index (χ2v) is 11.4. The van der Waals surface area contributed by atoms with Crippen molar-refractivity contribution in [2.24, 2.45) is 5.92 Å². The molecule has 0 bridgehead atoms. The van der Waals surface area contributed by atoms with Gasteiger partial charge in [-0.1, -0.05) is 61.3 Å². The molecule has 0 aromatic heterocycles. The molecule has 1 atom stereocenters. The summed E-state index contributed by atoms with van der Waals surface area (Å²) in [5.74, 6) is -0.624. The molecule has 1 N–H and O–H groups in total. The normalized spacial score (nSPS) is 12.4. The van der Waals surface area contributed by atoms with Crippen LogP contribution in [0.4, 0.5) is 5.69 Å². The van der Waals surface area contributed by atoms with Crippen LogP contribution in [0.2, 0.25) is 10.0 Å². The number of benzene rings is 2. The maximum absolute atomic E-state index is 13.5. The van der Waals surface area contributed by atoms with Crippen LogP contribution in [0.15, 0.2) is 42.5 Å². The zero-order chi connectivity index (χ0) is 25.6. The van der Waals surface area contributed by atoms with Crippen LogP contribution in [0.5, 0.6) is 0 Å². The minimum atomic E-state index is -3.89. The number of carbonyl (C=O) groups excluding carboxylic acids is 2. The van der Waals surface area contributed by atoms with Crippen molar-refractivity contribution in [3.8, 4) is 0 Å². The predicted octanol–water partition coefficient (Wildman–Crippen LogP) is 4.26. The highest BCUT2D eigenvalue weighted by Gasteiger charge is 2.31. The van der Waals surface area contributed by atoms with Gasteiger partial charge in [-0.15, -0.1) is 0 Å². The number of halogens is 2. The van der Waals surface area contributed by atoms with Crippen LogP contribution in [-0.4, -0.2) is 50.5 Å². The van der Waals surface area contributed by atoms with Gasteiger partial charge in [-0.2, -0.15) is 0 Å². The van der Waals surface area contributed by atoms with Crippen molar-refractivity contribution in [2.75, 3.05) is 23.7 Å². The molecule has 0 radical (unpaired) electrons. The van der Waals surface area contributed by atoms with Crippen molar-refractivity contribution < 1.29 is 18.0 Å². The summed E-state index contributed by atoms with van der Waals surface area (Å²) < 4.78 is 26.2. The maximum atomic E-state index is 13.5. The van der Waals surface area contributed by atoms with Crippen molar-refractivity contribution >= 4 is 50.7 Å². The molecule has 2 amide bonds. The van der Waals surface area contributed by atoms with E-state index < -0.39 is 28.5 Å². The lowest BCUT2D eigenvalue weighted by Gasteiger charge is -2.32. The Morgan fingerprint density at radius 1 is 1.06 bits per heavy atom. The van der Waals surface area contributed by atoms with E-state index in [0.717, 1.165) is 21.7 Å². The Morgan fingerprint density at radius 3 is 2.29 bits per heavy atom. The fraction of sp³-hybridized carbons (Fsp3) is 0.417. The van der Waals surface area contributed by atoms with Crippen molar-refractivity contribution in [2.45, 2.75) is 40.3 Å². The van der Waals surface area contributed by atoms with Gasteiger partial charge in [0.25, 0.3) is 0 Å². The smallest absolute Gasteiger partial charge is 0.244 e. The fourth-order valence-corrected chi connectivity index (χ4v) is 4.57. The van der Waals surface area contributed by atoms with Crippen LogP contribution in [0.3, 0.4) is 0 Å². The summed E-state index contributed by atoms with van der Waals surface area (Å²) in [6, 6.07) is 11.1. The third kappa shape index (κ3) is 7.61. The van der Waals surface area contributed by atoms with Crippen LogP contribution in [0.1, 0.15) is 31.9 Å². The van der Waals surface area contributed by atoms with E-state index in [1.807, 2.05) is 45.0 Å². The molecule has 10 heteroatoms. The lowest BCUT2D eigenvalue weighted by atomic mass is 10.1. The van der Waals surface area contributed by atoms with E-state index in [2.05, 4.69) is 5.32 Å². The highest BCUT2D eigenvalue weighted by molar-refractivity contribution is 7.92. The number of nitrogens with one attached hydrogen (secondary N) is 1. The number of sulfonamides is 1. The van der Waals surface area contributed by atoms with E-state index in [-0.39, 0.29) is 34.1 Å². The number of hydrogen-bond donors (Lipinski definition) is 1. The second-order valence-electron chi connectivity index (χ2n) is 8.63. The Hall–Kier alpha value is -2.29. The van der Waals surface area contributed by atoms with Gasteiger partial charge in [0.1, 0.15) is 12.6 Å². The Labute approximate surface area is 212 Å². The molecule has 0 aliphatic carbocycles. The van der Waals surface area contributed by atoms with Crippen LogP contribution >= 0.6 is 23.2 Å². The number of carbonyl (C=O) groups is 2. The number of aryl methyl sites for hydroxylation is 1. The summed E-state index contributed by atoms with van der Waals surface area (Å²) in [6.45, 7) is 7.55. The average Bonchev–Trinajstić information content (AvgIpc) is 2.75. The van der Waals surface area contributed by atoms with Gasteiger partial charge in [0.05, 0.1) is 17.0 Å². The molecule has 2 rings (SSSR count). The van der Waals surface area contributed by atoms with E-state index in [1.54, 1.807) is 6.92 Å². The minimum absolute atomic E-state index is 0.0952. The van der Waals surface area contributed by atoms with Gasteiger partial charge in [0.15, 0.2) is 0 Å². The van der Waals surface area contributed by atoms with Crippen LogP contribution in [0.25, 0.3) is 0 Å². The van der Waals surface area contributed by atoms with Crippen LogP contribution < -0.4 is 9.62 Å². The predicted molar refractivity (Wildman–Crippen MR) is 138 cm³/mol. The Kier molecular flexibility index (Phi) is 9.79. The average molecular weight is 529 g/mol. The number of amides is 2. The molecule has 0 saturated heterocycles. The van der Waals surface area contributed by atoms with Gasteiger partial charge in [0, 0.05) is 18.1 Å². The topological polar surface area (TPSA) is 86.8 Å². The first-order valence-corrected chi connectivity index (χ1v) is 13.5. The Balaban J connectivity index is 2.43. The number of rotatable bonds is 10. The molecule has 2 aromatic carbocycles. The van der Waals surface area contributed by atoms with Gasteiger partial charge in [0.2, 0.25) is 21.8 Å². The van der Waals surface area contributed by atoms with Crippen molar-refractivity contribution in [1.29, 1.82) is 0 Å². The molecule has 0 saturated carbocycles. The molecule has 34 heavy (non-hydrogen) atoms. The Morgan fingerprint density at radius 2 is 1.71 bits per heavy atom. The van der Waals surface area contributed by atoms with Crippen LogP contribution in [0, 0.1) is 12.8 Å². The molecule has 7 nitrogen and oxygen atoms in total. The third-order valence-electron chi connectivity index (χ3n) is 5.31. The number of nitrogens with zero attached hydrogens (tertiary/aromatic N) is 2. The SMILES string of the molecule is Cc1ccccc1CN(C(=O)CN(c1cc(Cl)ccc1Cl)S(C)(=O)=O)[C@H](C)C(=O)NCC(C)C. The van der Waals surface area contributed by atoms with Gasteiger partial charge in [-0.25, -0.2) is 8.42 Å². The largest absolute Gasteiger partial charge is 0.354 e. The van der Waals surface area contributed by atoms with Gasteiger partial charge in [-0.3, -0.25) is 13.9 Å². The zero-order valence-electron chi connectivity index (χ0n) is 20.0. The lowest BCUT2D eigenvalue weighted by molar-refractivity contribution is -0.139. The molecule has 2 aromatic rings. The standard InChI is InChI=1S/C24H31Cl2N3O4S/c1-16(2)13-27-24(31)18(4)28(14-19-9-7-6-8-17(19)3)23(30)15-29(34(5,32)33)22-12-20(25)10-11-21(22)26/h6-12,16,18H,13-15H2,1-5H3,(H,27,31)/t18-/m1/s1. The molecule has 0 aliphatic heterocycles. The third-order valence-corrected chi connectivity index (χ3v) is 6.99. The minimum Gasteiger partial charge on any atom is -0.354 e. The van der Waals surface area contributed by atoms with Crippen molar-refractivity contribution in [3.05, 3.63) is 63.6 Å². The van der Waals surface area contributed by atoms with Crippen LogP contribution in [-0.2, 0) is 26.2 Å². The lowest BCUT2D eigenvalue weighted by Crippen LogP contribution is -2.51. The zero-order valence-corrected chi connectivity index (χ0v) is 22.3. The molecular weight excluding hydrogens is 497 g/mol. The van der Waals surface area contributed by atoms with Gasteiger partial charge >= 0.3 is 0 Å². The molecule has 0 fully saturated rings. The summed E-state index contributed by atoms with van der Waals surface area (Å²) in [5.41, 5.74) is 1.90. The maximum Gasteiger partial charge on any atom is 0.244 e. The highest BCUT2D eigenvalue weighted by Crippen LogP contribution is 2.31.